The summed E-state index contributed by atoms with van der Waals surface area (Å²) in [4.78, 5) is 7.47. The molecule has 0 unspecified atom stereocenters. The van der Waals surface area contributed by atoms with Gasteiger partial charge in [-0.15, -0.1) is 0 Å². The summed E-state index contributed by atoms with van der Waals surface area (Å²) >= 11 is 0. The Kier molecular flexibility index (Phi) is 10.5. The van der Waals surface area contributed by atoms with Gasteiger partial charge in [-0.3, -0.25) is 0 Å². The van der Waals surface area contributed by atoms with Gasteiger partial charge in [0.2, 0.25) is 0 Å². The lowest BCUT2D eigenvalue weighted by Crippen LogP contribution is -2.05. The van der Waals surface area contributed by atoms with E-state index >= 15 is 0 Å². The monoisotopic (exact) mass is 927 g/mol. The predicted octanol–water partition coefficient (Wildman–Crippen LogP) is 17.2. The van der Waals surface area contributed by atoms with Gasteiger partial charge < -0.3 is 9.13 Å². The number of hydrogen-bond acceptors (Lipinski definition) is 3. The molecule has 7 nitrogen and oxygen atoms in total. The molecule has 0 atom stereocenters. The Labute approximate surface area is 421 Å². The Hall–Kier alpha value is -10.8. The van der Waals surface area contributed by atoms with Crippen molar-refractivity contribution in [1.29, 1.82) is 15.8 Å². The van der Waals surface area contributed by atoms with E-state index in [2.05, 4.69) is 135 Å². The maximum atomic E-state index is 10.1. The maximum absolute atomic E-state index is 10.1. The van der Waals surface area contributed by atoms with Crippen LogP contribution in [0.25, 0.3) is 120 Å². The minimum atomic E-state index is 0.568. The van der Waals surface area contributed by atoms with E-state index in [-0.39, 0.29) is 0 Å². The molecule has 0 aliphatic rings. The first kappa shape index (κ1) is 43.5. The molecule has 0 amide bonds. The van der Waals surface area contributed by atoms with Crippen molar-refractivity contribution in [2.75, 3.05) is 0 Å². The standard InChI is InChI=1S/C66H37N7/c1-41-27-65(72-61-25-21-51(47-14-7-17-54(31-47)70-2)35-59(61)60-36-52(22-26-62(60)72)48-15-8-18-55(32-48)71-3)66(37-56(41)53-16-6-11-44(30-53)40-69)73-63-23-19-49(45-12-4-9-42(28-45)38-67)33-57(63)58-34-50(20-24-64(58)73)46-13-5-10-43(29-46)39-68/h4-37H,1H3. The Bertz CT molecular complexity index is 4300. The molecule has 7 heteroatoms. The normalized spacial score (nSPS) is 11.0. The van der Waals surface area contributed by atoms with Crippen LogP contribution in [0.2, 0.25) is 0 Å². The fourth-order valence-electron chi connectivity index (χ4n) is 10.4. The lowest BCUT2D eigenvalue weighted by molar-refractivity contribution is 1.09. The van der Waals surface area contributed by atoms with Gasteiger partial charge in [0.15, 0.2) is 11.4 Å². The van der Waals surface area contributed by atoms with Crippen molar-refractivity contribution < 1.29 is 0 Å². The smallest absolute Gasteiger partial charge is 0.187 e. The van der Waals surface area contributed by atoms with Gasteiger partial charge in [-0.25, -0.2) is 9.69 Å². The summed E-state index contributed by atoms with van der Waals surface area (Å²) in [6.45, 7) is 17.6. The molecule has 0 saturated heterocycles. The number of hydrogen-bond donors (Lipinski definition) is 0. The number of aromatic nitrogens is 2. The second-order valence-corrected chi connectivity index (χ2v) is 18.2. The molecule has 0 fully saturated rings. The van der Waals surface area contributed by atoms with E-state index in [1.807, 2.05) is 115 Å². The van der Waals surface area contributed by atoms with Crippen molar-refractivity contribution >= 4 is 55.0 Å². The summed E-state index contributed by atoms with van der Waals surface area (Å²) in [7, 11) is 0. The topological polar surface area (TPSA) is 89.9 Å². The van der Waals surface area contributed by atoms with E-state index in [0.29, 0.717) is 28.1 Å². The van der Waals surface area contributed by atoms with E-state index < -0.39 is 0 Å². The molecule has 0 bridgehead atoms. The molecule has 2 heterocycles. The molecular weight excluding hydrogens is 891 g/mol. The average molecular weight is 928 g/mol. The zero-order valence-corrected chi connectivity index (χ0v) is 39.3. The summed E-state index contributed by atoms with van der Waals surface area (Å²) in [5, 5.41) is 33.9. The van der Waals surface area contributed by atoms with Gasteiger partial charge in [-0.1, -0.05) is 97.1 Å². The van der Waals surface area contributed by atoms with Crippen LogP contribution < -0.4 is 0 Å². The largest absolute Gasteiger partial charge is 0.307 e. The zero-order valence-electron chi connectivity index (χ0n) is 39.3. The summed E-state index contributed by atoms with van der Waals surface area (Å²) in [5.74, 6) is 0. The van der Waals surface area contributed by atoms with Crippen LogP contribution in [0.15, 0.2) is 206 Å². The van der Waals surface area contributed by atoms with Gasteiger partial charge in [0.05, 0.1) is 81.5 Å². The van der Waals surface area contributed by atoms with E-state index in [4.69, 9.17) is 13.1 Å². The Balaban J connectivity index is 1.19. The second-order valence-electron chi connectivity index (χ2n) is 18.2. The van der Waals surface area contributed by atoms with E-state index in [9.17, 15) is 15.8 Å². The Morgan fingerprint density at radius 2 is 0.658 bits per heavy atom. The minimum absolute atomic E-state index is 0.568. The van der Waals surface area contributed by atoms with Gasteiger partial charge in [0.1, 0.15) is 0 Å². The molecule has 0 aliphatic carbocycles. The van der Waals surface area contributed by atoms with Crippen LogP contribution in [0.1, 0.15) is 22.3 Å². The minimum Gasteiger partial charge on any atom is -0.307 e. The number of fused-ring (bicyclic) bond motifs is 6. The van der Waals surface area contributed by atoms with Crippen molar-refractivity contribution in [3.05, 3.63) is 251 Å². The highest BCUT2D eigenvalue weighted by Gasteiger charge is 2.23. The zero-order chi connectivity index (χ0) is 49.7. The van der Waals surface area contributed by atoms with Crippen molar-refractivity contribution in [2.24, 2.45) is 0 Å². The summed E-state index contributed by atoms with van der Waals surface area (Å²) in [6.07, 6.45) is 0. The van der Waals surface area contributed by atoms with Gasteiger partial charge in [0.25, 0.3) is 0 Å². The molecule has 73 heavy (non-hydrogen) atoms. The summed E-state index contributed by atoms with van der Waals surface area (Å²) in [5.41, 5.74) is 19.2. The highest BCUT2D eigenvalue weighted by atomic mass is 15.1. The first-order valence-electron chi connectivity index (χ1n) is 23.6. The average Bonchev–Trinajstić information content (AvgIpc) is 3.96. The van der Waals surface area contributed by atoms with Crippen LogP contribution in [0, 0.1) is 54.1 Å². The lowest BCUT2D eigenvalue weighted by Gasteiger charge is -2.20. The molecule has 336 valence electrons. The Morgan fingerprint density at radius 3 is 1.03 bits per heavy atom. The maximum Gasteiger partial charge on any atom is 0.187 e. The molecule has 10 aromatic carbocycles. The van der Waals surface area contributed by atoms with Crippen molar-refractivity contribution in [3.8, 4) is 85.2 Å². The molecule has 0 aliphatic heterocycles. The lowest BCUT2D eigenvalue weighted by atomic mass is 9.97. The molecule has 12 rings (SSSR count). The number of rotatable bonds is 7. The number of benzene rings is 10. The van der Waals surface area contributed by atoms with Crippen LogP contribution in [0.4, 0.5) is 11.4 Å². The van der Waals surface area contributed by atoms with E-state index in [1.165, 1.54) is 0 Å². The fourth-order valence-corrected chi connectivity index (χ4v) is 10.4. The molecule has 0 saturated carbocycles. The molecule has 0 N–H and O–H groups in total. The second kappa shape index (κ2) is 17.6. The fraction of sp³-hybridized carbons (Fsp3) is 0.0152. The van der Waals surface area contributed by atoms with Crippen molar-refractivity contribution in [2.45, 2.75) is 6.92 Å². The first-order valence-corrected chi connectivity index (χ1v) is 23.6. The quantitative estimate of drug-likeness (QED) is 0.149. The van der Waals surface area contributed by atoms with Gasteiger partial charge in [-0.05, 0) is 177 Å². The van der Waals surface area contributed by atoms with Crippen LogP contribution in [-0.4, -0.2) is 9.13 Å². The molecule has 0 radical (unpaired) electrons. The number of nitrogens with zero attached hydrogens (tertiary/aromatic N) is 7. The highest BCUT2D eigenvalue weighted by Crippen LogP contribution is 2.44. The number of nitriles is 3. The van der Waals surface area contributed by atoms with Crippen LogP contribution in [-0.2, 0) is 0 Å². The SMILES string of the molecule is [C-]#[N+]c1cccc(-c2ccc3c(c2)c2cc(-c4cccc([N+]#[C-])c4)ccc2n3-c2cc(C)c(-c3cccc(C#N)c3)cc2-n2c3ccc(-c4cccc(C#N)c4)cc3c3cc(-c4cccc(C#N)c4)ccc32)c1. The van der Waals surface area contributed by atoms with Crippen LogP contribution >= 0.6 is 0 Å². The number of aryl methyl sites for hydroxylation is 1. The van der Waals surface area contributed by atoms with Gasteiger partial charge >= 0.3 is 0 Å². The van der Waals surface area contributed by atoms with E-state index in [1.54, 1.807) is 0 Å². The third-order valence-electron chi connectivity index (χ3n) is 13.9. The van der Waals surface area contributed by atoms with Crippen LogP contribution in [0.5, 0.6) is 0 Å². The van der Waals surface area contributed by atoms with Gasteiger partial charge in [0, 0.05) is 21.5 Å². The van der Waals surface area contributed by atoms with Gasteiger partial charge in [-0.2, -0.15) is 15.8 Å². The molecular formula is C66H37N7. The van der Waals surface area contributed by atoms with Crippen molar-refractivity contribution in [3.63, 3.8) is 0 Å². The predicted molar refractivity (Wildman–Crippen MR) is 294 cm³/mol. The van der Waals surface area contributed by atoms with Crippen LogP contribution in [0.3, 0.4) is 0 Å². The Morgan fingerprint density at radius 1 is 0.342 bits per heavy atom. The molecule has 2 aromatic heterocycles. The third kappa shape index (κ3) is 7.51. The highest BCUT2D eigenvalue weighted by molar-refractivity contribution is 6.14. The summed E-state index contributed by atoms with van der Waals surface area (Å²) < 4.78 is 4.69. The third-order valence-corrected chi connectivity index (χ3v) is 13.9. The van der Waals surface area contributed by atoms with Crippen molar-refractivity contribution in [1.82, 2.24) is 9.13 Å². The summed E-state index contributed by atoms with van der Waals surface area (Å²) in [6, 6.07) is 76.0. The first-order chi connectivity index (χ1) is 35.8. The molecule has 12 aromatic rings. The van der Waals surface area contributed by atoms with E-state index in [0.717, 1.165) is 116 Å². The molecule has 0 spiro atoms.